The van der Waals surface area contributed by atoms with Gasteiger partial charge in [-0.1, -0.05) is 38.7 Å². The molecule has 0 saturated heterocycles. The summed E-state index contributed by atoms with van der Waals surface area (Å²) >= 11 is 0. The number of carbonyl (C=O) groups excluding carboxylic acids is 1. The van der Waals surface area contributed by atoms with Gasteiger partial charge in [0.2, 0.25) is 0 Å². The Morgan fingerprint density at radius 2 is 1.62 bits per heavy atom. The molecule has 1 aromatic carbocycles. The zero-order valence-electron chi connectivity index (χ0n) is 15.5. The van der Waals surface area contributed by atoms with Crippen LogP contribution in [0.1, 0.15) is 58.3 Å². The minimum atomic E-state index is -0.988. The van der Waals surface area contributed by atoms with Crippen LogP contribution in [0.2, 0.25) is 11.6 Å². The van der Waals surface area contributed by atoms with Crippen LogP contribution < -0.4 is 4.74 Å². The summed E-state index contributed by atoms with van der Waals surface area (Å²) < 4.78 is 31.5. The van der Waals surface area contributed by atoms with Crippen LogP contribution in [0.15, 0.2) is 18.2 Å². The summed E-state index contributed by atoms with van der Waals surface area (Å²) in [6.45, 7) is 2.28. The third-order valence-electron chi connectivity index (χ3n) is 6.15. The van der Waals surface area contributed by atoms with Crippen LogP contribution in [0.3, 0.4) is 0 Å². The van der Waals surface area contributed by atoms with Crippen LogP contribution in [-0.4, -0.2) is 15.5 Å². The van der Waals surface area contributed by atoms with E-state index >= 15 is 0 Å². The predicted octanol–water partition coefficient (Wildman–Crippen LogP) is 5.80. The monoisotopic (exact) mass is 378 g/mol. The molecule has 2 aliphatic rings. The van der Waals surface area contributed by atoms with E-state index in [9.17, 15) is 13.6 Å². The van der Waals surface area contributed by atoms with Crippen molar-refractivity contribution in [3.63, 3.8) is 0 Å². The van der Waals surface area contributed by atoms with Crippen molar-refractivity contribution in [1.82, 2.24) is 0 Å². The lowest BCUT2D eigenvalue weighted by molar-refractivity contribution is -0.140. The van der Waals surface area contributed by atoms with Gasteiger partial charge in [-0.2, -0.15) is 0 Å². The SMILES string of the molecule is CC[Si]C1CCC(C2CCC(C(=O)Oc3ccc(F)c(F)c3)CC2)CC1. The molecule has 0 heterocycles. The van der Waals surface area contributed by atoms with Gasteiger partial charge in [-0.05, 0) is 55.2 Å². The van der Waals surface area contributed by atoms with E-state index in [2.05, 4.69) is 6.92 Å². The lowest BCUT2D eigenvalue weighted by Crippen LogP contribution is -2.30. The first-order valence-electron chi connectivity index (χ1n) is 9.97. The molecule has 2 radical (unpaired) electrons. The molecule has 0 unspecified atom stereocenters. The highest BCUT2D eigenvalue weighted by Gasteiger charge is 2.33. The van der Waals surface area contributed by atoms with Crippen molar-refractivity contribution in [1.29, 1.82) is 0 Å². The smallest absolute Gasteiger partial charge is 0.314 e. The Hall–Kier alpha value is -1.23. The summed E-state index contributed by atoms with van der Waals surface area (Å²) in [5, 5.41) is 0. The number of benzene rings is 1. The van der Waals surface area contributed by atoms with E-state index in [0.717, 1.165) is 64.7 Å². The second-order valence-electron chi connectivity index (χ2n) is 7.78. The zero-order valence-corrected chi connectivity index (χ0v) is 16.5. The van der Waals surface area contributed by atoms with E-state index in [4.69, 9.17) is 4.74 Å². The van der Waals surface area contributed by atoms with Gasteiger partial charge >= 0.3 is 5.97 Å². The highest BCUT2D eigenvalue weighted by atomic mass is 28.2. The molecule has 0 atom stereocenters. The Morgan fingerprint density at radius 1 is 1.00 bits per heavy atom. The molecule has 26 heavy (non-hydrogen) atoms. The van der Waals surface area contributed by atoms with Crippen molar-refractivity contribution >= 4 is 15.5 Å². The van der Waals surface area contributed by atoms with E-state index in [1.807, 2.05) is 0 Å². The maximum Gasteiger partial charge on any atom is 0.314 e. The third-order valence-corrected chi connectivity index (χ3v) is 7.71. The van der Waals surface area contributed by atoms with E-state index in [0.29, 0.717) is 0 Å². The fraction of sp³-hybridized carbons (Fsp3) is 0.667. The molecule has 0 bridgehead atoms. The van der Waals surface area contributed by atoms with Gasteiger partial charge in [0.25, 0.3) is 0 Å². The van der Waals surface area contributed by atoms with Crippen LogP contribution in [0, 0.1) is 29.4 Å². The summed E-state index contributed by atoms with van der Waals surface area (Å²) in [5.74, 6) is -0.673. The molecule has 0 aliphatic heterocycles. The molecule has 2 fully saturated rings. The summed E-state index contributed by atoms with van der Waals surface area (Å²) in [5.41, 5.74) is 0.957. The fourth-order valence-corrected chi connectivity index (χ4v) is 5.97. The third kappa shape index (κ3) is 4.93. The van der Waals surface area contributed by atoms with Crippen molar-refractivity contribution in [2.75, 3.05) is 0 Å². The maximum atomic E-state index is 13.2. The molecule has 0 amide bonds. The largest absolute Gasteiger partial charge is 0.426 e. The Bertz CT molecular complexity index is 606. The topological polar surface area (TPSA) is 26.3 Å². The molecule has 5 heteroatoms. The standard InChI is InChI=1S/C21H28F2O2Si/c1-2-26-18-10-7-15(8-11-18)14-3-5-16(6-4-14)21(24)25-17-9-12-19(22)20(23)13-17/h9,12-16,18H,2-8,10-11H2,1H3. The number of hydrogen-bond acceptors (Lipinski definition) is 2. The lowest BCUT2D eigenvalue weighted by atomic mass is 9.71. The first kappa shape index (κ1) is 19.5. The van der Waals surface area contributed by atoms with E-state index in [1.165, 1.54) is 37.8 Å². The Labute approximate surface area is 157 Å². The van der Waals surface area contributed by atoms with Crippen LogP contribution in [0.25, 0.3) is 0 Å². The van der Waals surface area contributed by atoms with Crippen molar-refractivity contribution in [2.45, 2.75) is 69.9 Å². The minimum Gasteiger partial charge on any atom is -0.426 e. The van der Waals surface area contributed by atoms with Crippen molar-refractivity contribution in [3.8, 4) is 5.75 Å². The van der Waals surface area contributed by atoms with Crippen molar-refractivity contribution < 1.29 is 18.3 Å². The van der Waals surface area contributed by atoms with Gasteiger partial charge in [0, 0.05) is 15.6 Å². The summed E-state index contributed by atoms with van der Waals surface area (Å²) in [6.07, 6.45) is 9.35. The normalized spacial score (nSPS) is 29.3. The molecule has 2 aliphatic carbocycles. The van der Waals surface area contributed by atoms with Crippen LogP contribution in [0.4, 0.5) is 8.78 Å². The average Bonchev–Trinajstić information content (AvgIpc) is 2.66. The van der Waals surface area contributed by atoms with Crippen LogP contribution in [0.5, 0.6) is 5.75 Å². The Kier molecular flexibility index (Phi) is 6.84. The number of rotatable bonds is 5. The number of esters is 1. The molecule has 2 saturated carbocycles. The highest BCUT2D eigenvalue weighted by Crippen LogP contribution is 2.43. The van der Waals surface area contributed by atoms with Crippen LogP contribution >= 0.6 is 0 Å². The number of hydrogen-bond donors (Lipinski definition) is 0. The first-order valence-corrected chi connectivity index (χ1v) is 11.3. The zero-order chi connectivity index (χ0) is 18.5. The van der Waals surface area contributed by atoms with Gasteiger partial charge in [-0.15, -0.1) is 0 Å². The van der Waals surface area contributed by atoms with E-state index in [-0.39, 0.29) is 17.6 Å². The molecule has 0 aromatic heterocycles. The van der Waals surface area contributed by atoms with Gasteiger partial charge in [0.15, 0.2) is 11.6 Å². The molecule has 3 rings (SSSR count). The van der Waals surface area contributed by atoms with Gasteiger partial charge in [0.05, 0.1) is 5.92 Å². The molecule has 1 aromatic rings. The molecule has 0 N–H and O–H groups in total. The second kappa shape index (κ2) is 9.11. The second-order valence-corrected chi connectivity index (χ2v) is 9.71. The van der Waals surface area contributed by atoms with Crippen molar-refractivity contribution in [2.24, 2.45) is 17.8 Å². The van der Waals surface area contributed by atoms with Crippen molar-refractivity contribution in [3.05, 3.63) is 29.8 Å². The molecule has 142 valence electrons. The Balaban J connectivity index is 1.44. The average molecular weight is 379 g/mol. The minimum absolute atomic E-state index is 0.0890. The number of carbonyl (C=O) groups is 1. The maximum absolute atomic E-state index is 13.2. The summed E-state index contributed by atoms with van der Waals surface area (Å²) in [6, 6.07) is 4.55. The quantitative estimate of drug-likeness (QED) is 0.368. The summed E-state index contributed by atoms with van der Waals surface area (Å²) in [4.78, 5) is 12.3. The van der Waals surface area contributed by atoms with Gasteiger partial charge < -0.3 is 4.74 Å². The first-order chi connectivity index (χ1) is 12.6. The van der Waals surface area contributed by atoms with Gasteiger partial charge in [-0.3, -0.25) is 4.79 Å². The van der Waals surface area contributed by atoms with Crippen LogP contribution in [-0.2, 0) is 4.79 Å². The number of halogens is 2. The Morgan fingerprint density at radius 3 is 2.19 bits per heavy atom. The lowest BCUT2D eigenvalue weighted by Gasteiger charge is -2.37. The predicted molar refractivity (Wildman–Crippen MR) is 99.4 cm³/mol. The fourth-order valence-electron chi connectivity index (χ4n) is 4.65. The number of ether oxygens (including phenoxy) is 1. The summed E-state index contributed by atoms with van der Waals surface area (Å²) in [7, 11) is 1.13. The van der Waals surface area contributed by atoms with Gasteiger partial charge in [0.1, 0.15) is 5.75 Å². The van der Waals surface area contributed by atoms with Gasteiger partial charge in [-0.25, -0.2) is 8.78 Å². The van der Waals surface area contributed by atoms with E-state index in [1.54, 1.807) is 0 Å². The molecular weight excluding hydrogens is 350 g/mol. The molecule has 0 spiro atoms. The molecular formula is C21H28F2O2Si. The molecule has 2 nitrogen and oxygen atoms in total. The highest BCUT2D eigenvalue weighted by molar-refractivity contribution is 6.37. The van der Waals surface area contributed by atoms with E-state index < -0.39 is 11.6 Å².